The largest absolute Gasteiger partial charge is 0.369 e. The molecular formula is C22H33N7O. The fraction of sp³-hybridized carbons (Fsp3) is 0.500. The maximum atomic E-state index is 11.5. The summed E-state index contributed by atoms with van der Waals surface area (Å²) in [7, 11) is 4.10. The number of aromatic nitrogens is 2. The summed E-state index contributed by atoms with van der Waals surface area (Å²) in [6, 6.07) is 8.20. The van der Waals surface area contributed by atoms with Crippen LogP contribution in [0.25, 0.3) is 0 Å². The molecule has 0 saturated carbocycles. The molecule has 8 heteroatoms. The lowest BCUT2D eigenvalue weighted by Crippen LogP contribution is -2.39. The molecule has 0 bridgehead atoms. The number of carbonyl (C=O) groups is 1. The van der Waals surface area contributed by atoms with E-state index in [1.54, 1.807) is 0 Å². The minimum absolute atomic E-state index is 0.0297. The Labute approximate surface area is 178 Å². The highest BCUT2D eigenvalue weighted by molar-refractivity contribution is 5.79. The minimum Gasteiger partial charge on any atom is -0.369 e. The summed E-state index contributed by atoms with van der Waals surface area (Å²) in [6.45, 7) is 5.76. The first kappa shape index (κ1) is 21.7. The van der Waals surface area contributed by atoms with Gasteiger partial charge < -0.3 is 25.4 Å². The molecule has 30 heavy (non-hydrogen) atoms. The van der Waals surface area contributed by atoms with Crippen molar-refractivity contribution < 1.29 is 4.79 Å². The van der Waals surface area contributed by atoms with Crippen LogP contribution in [0.15, 0.2) is 41.7 Å². The topological polar surface area (TPSA) is 91.8 Å². The third-order valence-electron chi connectivity index (χ3n) is 5.61. The van der Waals surface area contributed by atoms with Gasteiger partial charge in [0.1, 0.15) is 5.82 Å². The second-order valence-electron chi connectivity index (χ2n) is 7.79. The van der Waals surface area contributed by atoms with E-state index in [0.29, 0.717) is 6.54 Å². The number of nitrogens with one attached hydrogen (secondary N) is 1. The second-order valence-corrected chi connectivity index (χ2v) is 7.79. The number of anilines is 1. The molecule has 1 saturated heterocycles. The molecule has 3 heterocycles. The van der Waals surface area contributed by atoms with Crippen molar-refractivity contribution in [2.24, 2.45) is 23.7 Å². The van der Waals surface area contributed by atoms with Crippen LogP contribution >= 0.6 is 0 Å². The Morgan fingerprint density at radius 3 is 2.73 bits per heavy atom. The van der Waals surface area contributed by atoms with Gasteiger partial charge in [0, 0.05) is 63.3 Å². The lowest BCUT2D eigenvalue weighted by molar-refractivity contribution is -0.122. The molecule has 0 aromatic carbocycles. The van der Waals surface area contributed by atoms with Gasteiger partial charge in [0.25, 0.3) is 0 Å². The molecule has 0 unspecified atom stereocenters. The van der Waals surface area contributed by atoms with E-state index in [0.717, 1.165) is 56.4 Å². The van der Waals surface area contributed by atoms with Crippen LogP contribution in [0.4, 0.5) is 5.82 Å². The number of amides is 1. The van der Waals surface area contributed by atoms with Gasteiger partial charge in [-0.25, -0.2) is 9.98 Å². The predicted octanol–water partition coefficient (Wildman–Crippen LogP) is 1.72. The van der Waals surface area contributed by atoms with E-state index in [1.807, 2.05) is 19.3 Å². The van der Waals surface area contributed by atoms with Gasteiger partial charge in [-0.15, -0.1) is 0 Å². The van der Waals surface area contributed by atoms with Crippen LogP contribution in [-0.4, -0.2) is 53.0 Å². The van der Waals surface area contributed by atoms with Crippen molar-refractivity contribution in [2.45, 2.75) is 32.9 Å². The van der Waals surface area contributed by atoms with E-state index < -0.39 is 0 Å². The average Bonchev–Trinajstić information content (AvgIpc) is 3.15. The zero-order chi connectivity index (χ0) is 21.5. The third-order valence-corrected chi connectivity index (χ3v) is 5.61. The molecule has 1 aliphatic heterocycles. The fourth-order valence-electron chi connectivity index (χ4n) is 3.82. The summed E-state index contributed by atoms with van der Waals surface area (Å²) in [5, 5.41) is 3.38. The maximum Gasteiger partial charge on any atom is 0.220 e. The van der Waals surface area contributed by atoms with Gasteiger partial charge in [-0.2, -0.15) is 0 Å². The van der Waals surface area contributed by atoms with Crippen molar-refractivity contribution in [1.82, 2.24) is 19.8 Å². The van der Waals surface area contributed by atoms with Gasteiger partial charge >= 0.3 is 0 Å². The number of piperidine rings is 1. The zero-order valence-electron chi connectivity index (χ0n) is 18.2. The first-order valence-electron chi connectivity index (χ1n) is 10.6. The number of carbonyl (C=O) groups excluding carboxylic acids is 1. The molecule has 1 amide bonds. The van der Waals surface area contributed by atoms with Crippen LogP contribution < -0.4 is 16.0 Å². The number of guanidine groups is 1. The molecule has 0 aliphatic carbocycles. The first-order valence-corrected chi connectivity index (χ1v) is 10.6. The highest BCUT2D eigenvalue weighted by Crippen LogP contribution is 2.25. The summed E-state index contributed by atoms with van der Waals surface area (Å²) in [4.78, 5) is 25.3. The molecular weight excluding hydrogens is 378 g/mol. The molecule has 1 fully saturated rings. The summed E-state index contributed by atoms with van der Waals surface area (Å²) in [6.07, 6.45) is 5.42. The number of hydrogen-bond acceptors (Lipinski definition) is 4. The Kier molecular flexibility index (Phi) is 7.32. The number of aliphatic imine (C=N–C) groups is 1. The number of hydrogen-bond donors (Lipinski definition) is 2. The molecule has 1 aliphatic rings. The van der Waals surface area contributed by atoms with Gasteiger partial charge in [-0.1, -0.05) is 6.07 Å². The first-order chi connectivity index (χ1) is 14.5. The Morgan fingerprint density at radius 2 is 2.10 bits per heavy atom. The SMILES string of the molecule is CCNC(=NCc1cccnc1N1CCC(C(N)=O)CC1)N(C)Cc1cccn1C. The standard InChI is InChI=1S/C22H33N7O/c1-4-24-22(28(3)16-19-8-6-12-27(19)2)26-15-18-7-5-11-25-21(18)29-13-9-17(10-14-29)20(23)30/h5-8,11-12,17H,4,9-10,13-16H2,1-3H3,(H2,23,30)(H,24,26). The third kappa shape index (κ3) is 5.31. The summed E-state index contributed by atoms with van der Waals surface area (Å²) in [5.74, 6) is 1.58. The molecule has 162 valence electrons. The molecule has 2 aromatic rings. The normalized spacial score (nSPS) is 15.3. The van der Waals surface area contributed by atoms with Crippen molar-refractivity contribution in [3.05, 3.63) is 47.9 Å². The Bertz CT molecular complexity index is 868. The second kappa shape index (κ2) is 10.1. The van der Waals surface area contributed by atoms with Gasteiger partial charge in [-0.3, -0.25) is 4.79 Å². The lowest BCUT2D eigenvalue weighted by Gasteiger charge is -2.32. The van der Waals surface area contributed by atoms with Gasteiger partial charge in [0.05, 0.1) is 13.1 Å². The minimum atomic E-state index is -0.197. The van der Waals surface area contributed by atoms with Crippen molar-refractivity contribution in [3.8, 4) is 0 Å². The van der Waals surface area contributed by atoms with Crippen LogP contribution in [-0.2, 0) is 24.9 Å². The molecule has 3 rings (SSSR count). The van der Waals surface area contributed by atoms with E-state index in [-0.39, 0.29) is 11.8 Å². The lowest BCUT2D eigenvalue weighted by atomic mass is 9.96. The van der Waals surface area contributed by atoms with Crippen molar-refractivity contribution in [2.75, 3.05) is 31.6 Å². The molecule has 3 N–H and O–H groups in total. The number of pyridine rings is 1. The Balaban J connectivity index is 1.72. The summed E-state index contributed by atoms with van der Waals surface area (Å²) < 4.78 is 2.12. The van der Waals surface area contributed by atoms with Gasteiger partial charge in [-0.05, 0) is 38.0 Å². The average molecular weight is 412 g/mol. The van der Waals surface area contributed by atoms with E-state index >= 15 is 0 Å². The molecule has 0 spiro atoms. The zero-order valence-corrected chi connectivity index (χ0v) is 18.2. The number of aryl methyl sites for hydroxylation is 1. The number of nitrogens with two attached hydrogens (primary N) is 1. The van der Waals surface area contributed by atoms with E-state index in [9.17, 15) is 4.79 Å². The smallest absolute Gasteiger partial charge is 0.220 e. The van der Waals surface area contributed by atoms with Crippen molar-refractivity contribution >= 4 is 17.7 Å². The predicted molar refractivity (Wildman–Crippen MR) is 120 cm³/mol. The number of rotatable bonds is 7. The van der Waals surface area contributed by atoms with Crippen molar-refractivity contribution in [3.63, 3.8) is 0 Å². The molecule has 0 atom stereocenters. The highest BCUT2D eigenvalue weighted by Gasteiger charge is 2.25. The van der Waals surface area contributed by atoms with E-state index in [1.165, 1.54) is 5.69 Å². The fourth-order valence-corrected chi connectivity index (χ4v) is 3.82. The monoisotopic (exact) mass is 411 g/mol. The maximum absolute atomic E-state index is 11.5. The Hall–Kier alpha value is -3.03. The van der Waals surface area contributed by atoms with E-state index in [4.69, 9.17) is 10.7 Å². The van der Waals surface area contributed by atoms with Gasteiger partial charge in [0.2, 0.25) is 5.91 Å². The molecule has 8 nitrogen and oxygen atoms in total. The van der Waals surface area contributed by atoms with Crippen molar-refractivity contribution in [1.29, 1.82) is 0 Å². The van der Waals surface area contributed by atoms with Crippen LogP contribution in [0.5, 0.6) is 0 Å². The van der Waals surface area contributed by atoms with Crippen LogP contribution in [0.3, 0.4) is 0 Å². The Morgan fingerprint density at radius 1 is 1.33 bits per heavy atom. The van der Waals surface area contributed by atoms with Crippen LogP contribution in [0, 0.1) is 5.92 Å². The van der Waals surface area contributed by atoms with E-state index in [2.05, 4.69) is 63.0 Å². The highest BCUT2D eigenvalue weighted by atomic mass is 16.1. The number of nitrogens with zero attached hydrogens (tertiary/aromatic N) is 5. The number of primary amides is 1. The molecule has 0 radical (unpaired) electrons. The van der Waals surface area contributed by atoms with Crippen LogP contribution in [0.1, 0.15) is 31.0 Å². The molecule has 2 aromatic heterocycles. The quantitative estimate of drug-likeness (QED) is 0.535. The van der Waals surface area contributed by atoms with Crippen LogP contribution in [0.2, 0.25) is 0 Å². The van der Waals surface area contributed by atoms with Gasteiger partial charge in [0.15, 0.2) is 5.96 Å². The summed E-state index contributed by atoms with van der Waals surface area (Å²) >= 11 is 0. The summed E-state index contributed by atoms with van der Waals surface area (Å²) in [5.41, 5.74) is 7.78.